The van der Waals surface area contributed by atoms with Crippen LogP contribution < -0.4 is 0 Å². The molecule has 0 unspecified atom stereocenters. The largest absolute Gasteiger partial charge is 0.448 e. The lowest BCUT2D eigenvalue weighted by Gasteiger charge is -1.99. The topological polar surface area (TPSA) is 0 Å². The molecule has 0 bridgehead atoms. The van der Waals surface area contributed by atoms with Crippen LogP contribution in [0, 0.1) is 0 Å². The highest BCUT2D eigenvalue weighted by atomic mass is 35.5. The van der Waals surface area contributed by atoms with E-state index < -0.39 is 20.9 Å². The average Bonchev–Trinajstić information content (AvgIpc) is 1.21. The van der Waals surface area contributed by atoms with Crippen LogP contribution in [-0.4, -0.2) is 9.16 Å². The van der Waals surface area contributed by atoms with Gasteiger partial charge in [-0.3, -0.25) is 0 Å². The van der Waals surface area contributed by atoms with Crippen LogP contribution in [0.2, 0.25) is 0 Å². The molecule has 0 fully saturated rings. The molecule has 0 aliphatic heterocycles. The number of rotatable bonds is 0. The highest BCUT2D eigenvalue weighted by molar-refractivity contribution is 8.26. The highest BCUT2D eigenvalue weighted by Crippen LogP contribution is 2.32. The summed E-state index contributed by atoms with van der Waals surface area (Å²) in [4.78, 5) is 0. The fraction of sp³-hybridized carbons (Fsp3) is 0.500. The number of halogens is 4. The first kappa shape index (κ1) is 8.52. The molecule has 0 N–H and O–H groups in total. The minimum absolute atomic E-state index is 0.492. The second kappa shape index (κ2) is 2.89. The van der Waals surface area contributed by atoms with Gasteiger partial charge in [0.25, 0.3) is 0 Å². The molecule has 8 heavy (non-hydrogen) atoms. The molecule has 48 valence electrons. The van der Waals surface area contributed by atoms with Crippen LogP contribution in [0.3, 0.4) is 0 Å². The normalized spacial score (nSPS) is 11.5. The fourth-order valence-corrected chi connectivity index (χ4v) is 0.819. The fourth-order valence-electron chi connectivity index (χ4n) is 0.0910. The van der Waals surface area contributed by atoms with Crippen molar-refractivity contribution in [1.29, 1.82) is 0 Å². The van der Waals surface area contributed by atoms with E-state index in [-0.39, 0.29) is 0 Å². The molecule has 0 nitrogen and oxygen atoms in total. The van der Waals surface area contributed by atoms with Gasteiger partial charge in [0.05, 0.1) is 0 Å². The van der Waals surface area contributed by atoms with Gasteiger partial charge in [-0.25, -0.2) is 0 Å². The van der Waals surface area contributed by atoms with Crippen LogP contribution in [0.15, 0.2) is 0 Å². The zero-order valence-corrected chi connectivity index (χ0v) is 5.72. The maximum absolute atomic E-state index is 11.1. The first-order valence-electron chi connectivity index (χ1n) is 1.37. The van der Waals surface area contributed by atoms with E-state index in [9.17, 15) is 13.2 Å². The summed E-state index contributed by atoms with van der Waals surface area (Å²) in [6, 6.07) is 0. The van der Waals surface area contributed by atoms with Crippen molar-refractivity contribution < 1.29 is 13.2 Å². The van der Waals surface area contributed by atoms with Crippen LogP contribution in [0.4, 0.5) is 13.2 Å². The molecule has 6 heteroatoms. The number of thioether (sulfide) groups is 1. The molecule has 0 radical (unpaired) electrons. The molecular weight excluding hydrogens is 181 g/mol. The molecule has 0 aromatic rings. The molecule has 0 heterocycles. The van der Waals surface area contributed by atoms with Crippen molar-refractivity contribution in [3.05, 3.63) is 0 Å². The first-order valence-corrected chi connectivity index (χ1v) is 2.97. The SMILES string of the molecule is FC(F)(F)SC(=S)Cl. The lowest BCUT2D eigenvalue weighted by atomic mass is 11.6. The zero-order chi connectivity index (χ0) is 6.78. The van der Waals surface area contributed by atoms with Crippen molar-refractivity contribution >= 4 is 39.2 Å². The van der Waals surface area contributed by atoms with Gasteiger partial charge in [0.2, 0.25) is 0 Å². The van der Waals surface area contributed by atoms with E-state index in [0.29, 0.717) is 0 Å². The van der Waals surface area contributed by atoms with Crippen LogP contribution in [-0.2, 0) is 0 Å². The Balaban J connectivity index is 3.55. The van der Waals surface area contributed by atoms with E-state index >= 15 is 0 Å². The van der Waals surface area contributed by atoms with E-state index in [2.05, 4.69) is 12.2 Å². The molecule has 0 rings (SSSR count). The molecule has 0 aromatic heterocycles. The summed E-state index contributed by atoms with van der Waals surface area (Å²) in [5.41, 5.74) is -4.33. The van der Waals surface area contributed by atoms with Crippen LogP contribution in [0.5, 0.6) is 0 Å². The number of hydrogen-bond donors (Lipinski definition) is 0. The number of hydrogen-bond acceptors (Lipinski definition) is 2. The second-order valence-electron chi connectivity index (χ2n) is 0.785. The Morgan fingerprint density at radius 2 is 1.88 bits per heavy atom. The predicted octanol–water partition coefficient (Wildman–Crippen LogP) is 2.76. The lowest BCUT2D eigenvalue weighted by Crippen LogP contribution is -2.00. The lowest BCUT2D eigenvalue weighted by molar-refractivity contribution is -0.0315. The predicted molar refractivity (Wildman–Crippen MR) is 32.1 cm³/mol. The van der Waals surface area contributed by atoms with E-state index in [0.717, 1.165) is 0 Å². The summed E-state index contributed by atoms with van der Waals surface area (Å²) in [5.74, 6) is 0. The summed E-state index contributed by atoms with van der Waals surface area (Å²) in [6.45, 7) is 0. The van der Waals surface area contributed by atoms with Gasteiger partial charge < -0.3 is 0 Å². The van der Waals surface area contributed by atoms with Crippen LogP contribution >= 0.6 is 35.6 Å². The van der Waals surface area contributed by atoms with Gasteiger partial charge in [-0.1, -0.05) is 23.8 Å². The van der Waals surface area contributed by atoms with Gasteiger partial charge in [0.1, 0.15) is 3.66 Å². The molecule has 0 amide bonds. The smallest absolute Gasteiger partial charge is 0.160 e. The molecular formula is C2ClF3S2. The zero-order valence-electron chi connectivity index (χ0n) is 3.33. The van der Waals surface area contributed by atoms with E-state index in [1.54, 1.807) is 0 Å². The van der Waals surface area contributed by atoms with Crippen LogP contribution in [0.1, 0.15) is 0 Å². The van der Waals surface area contributed by atoms with Crippen LogP contribution in [0.25, 0.3) is 0 Å². The van der Waals surface area contributed by atoms with Gasteiger partial charge in [0, 0.05) is 11.8 Å². The Kier molecular flexibility index (Phi) is 3.08. The first-order chi connectivity index (χ1) is 3.42. The van der Waals surface area contributed by atoms with Crippen molar-refractivity contribution in [3.8, 4) is 0 Å². The summed E-state index contributed by atoms with van der Waals surface area (Å²) in [6.07, 6.45) is 0. The molecule has 0 aliphatic rings. The summed E-state index contributed by atoms with van der Waals surface area (Å²) in [7, 11) is 0. The van der Waals surface area contributed by atoms with Gasteiger partial charge in [-0.15, -0.1) is 0 Å². The second-order valence-corrected chi connectivity index (χ2v) is 3.35. The molecule has 0 saturated carbocycles. The van der Waals surface area contributed by atoms with Gasteiger partial charge in [-0.2, -0.15) is 13.2 Å². The molecule has 0 aliphatic carbocycles. The van der Waals surface area contributed by atoms with E-state index in [1.165, 1.54) is 0 Å². The molecule has 0 aromatic carbocycles. The van der Waals surface area contributed by atoms with Gasteiger partial charge in [-0.05, 0) is 0 Å². The summed E-state index contributed by atoms with van der Waals surface area (Å²) in [5, 5.41) is 0. The van der Waals surface area contributed by atoms with Gasteiger partial charge >= 0.3 is 5.51 Å². The van der Waals surface area contributed by atoms with E-state index in [1.807, 2.05) is 0 Å². The number of thiocarbonyl (C=S) groups is 1. The Bertz CT molecular complexity index is 97.9. The van der Waals surface area contributed by atoms with Crippen molar-refractivity contribution in [1.82, 2.24) is 0 Å². The molecule has 0 spiro atoms. The highest BCUT2D eigenvalue weighted by Gasteiger charge is 2.29. The average molecular weight is 181 g/mol. The minimum atomic E-state index is -4.33. The quantitative estimate of drug-likeness (QED) is 0.415. The third-order valence-electron chi connectivity index (χ3n) is 0.196. The third-order valence-corrected chi connectivity index (χ3v) is 1.07. The van der Waals surface area contributed by atoms with Crippen molar-refractivity contribution in [3.63, 3.8) is 0 Å². The van der Waals surface area contributed by atoms with Crippen molar-refractivity contribution in [2.75, 3.05) is 0 Å². The maximum atomic E-state index is 11.1. The van der Waals surface area contributed by atoms with Crippen molar-refractivity contribution in [2.45, 2.75) is 5.51 Å². The van der Waals surface area contributed by atoms with Crippen molar-refractivity contribution in [2.24, 2.45) is 0 Å². The summed E-state index contributed by atoms with van der Waals surface area (Å²) < 4.78 is 32.7. The van der Waals surface area contributed by atoms with Gasteiger partial charge in [0.15, 0.2) is 0 Å². The summed E-state index contributed by atoms with van der Waals surface area (Å²) >= 11 is 8.20. The van der Waals surface area contributed by atoms with E-state index in [4.69, 9.17) is 11.6 Å². The third kappa shape index (κ3) is 6.52. The Hall–Kier alpha value is 0.520. The Labute approximate surface area is 58.4 Å². The minimum Gasteiger partial charge on any atom is -0.160 e. The molecule has 0 atom stereocenters. The maximum Gasteiger partial charge on any atom is 0.448 e. The Morgan fingerprint density at radius 1 is 1.50 bits per heavy atom. The number of alkyl halides is 3. The Morgan fingerprint density at radius 3 is 1.88 bits per heavy atom. The standard InChI is InChI=1S/C2ClF3S2/c3-1(7)8-2(4,5)6. The monoisotopic (exact) mass is 180 g/mol. The molecule has 0 saturated heterocycles.